The maximum absolute atomic E-state index is 12.1. The summed E-state index contributed by atoms with van der Waals surface area (Å²) in [5, 5.41) is 5.61. The monoisotopic (exact) mass is 383 g/mol. The molecule has 0 aliphatic carbocycles. The Morgan fingerprint density at radius 3 is 2.70 bits per heavy atom. The lowest BCUT2D eigenvalue weighted by Crippen LogP contribution is -2.24. The topological polar surface area (TPSA) is 73.3 Å². The predicted molar refractivity (Wildman–Crippen MR) is 104 cm³/mol. The van der Waals surface area contributed by atoms with Crippen LogP contribution in [0.4, 0.5) is 0 Å². The second-order valence-corrected chi connectivity index (χ2v) is 6.94. The molecule has 0 saturated heterocycles. The number of amides is 1. The van der Waals surface area contributed by atoms with Gasteiger partial charge in [0, 0.05) is 24.2 Å². The zero-order valence-electron chi connectivity index (χ0n) is 15.3. The first-order valence-electron chi connectivity index (χ1n) is 8.51. The van der Waals surface area contributed by atoms with E-state index < -0.39 is 0 Å². The molecule has 6 nitrogen and oxygen atoms in total. The number of aryl methyl sites for hydroxylation is 1. The number of ether oxygens (including phenoxy) is 2. The number of thiazole rings is 1. The number of benzene rings is 1. The van der Waals surface area contributed by atoms with E-state index in [1.165, 1.54) is 16.9 Å². The lowest BCUT2D eigenvalue weighted by atomic mass is 10.2. The van der Waals surface area contributed by atoms with Gasteiger partial charge in [-0.25, -0.2) is 9.97 Å². The van der Waals surface area contributed by atoms with Crippen molar-refractivity contribution in [1.29, 1.82) is 0 Å². The van der Waals surface area contributed by atoms with Gasteiger partial charge in [-0.1, -0.05) is 23.8 Å². The lowest BCUT2D eigenvalue weighted by molar-refractivity contribution is -0.120. The first-order valence-corrected chi connectivity index (χ1v) is 9.38. The molecule has 140 valence electrons. The molecule has 1 aromatic carbocycles. The van der Waals surface area contributed by atoms with Gasteiger partial charge in [0.2, 0.25) is 11.8 Å². The van der Waals surface area contributed by atoms with E-state index in [-0.39, 0.29) is 12.3 Å². The number of hydrogen-bond donors (Lipinski definition) is 1. The molecule has 0 bridgehead atoms. The van der Waals surface area contributed by atoms with Crippen LogP contribution in [0.25, 0.3) is 0 Å². The van der Waals surface area contributed by atoms with Crippen molar-refractivity contribution in [3.63, 3.8) is 0 Å². The Hall–Kier alpha value is -2.93. The van der Waals surface area contributed by atoms with E-state index in [1.54, 1.807) is 19.4 Å². The van der Waals surface area contributed by atoms with Crippen molar-refractivity contribution in [3.8, 4) is 11.6 Å². The molecule has 1 N–H and O–H groups in total. The van der Waals surface area contributed by atoms with Crippen molar-refractivity contribution in [1.82, 2.24) is 15.3 Å². The van der Waals surface area contributed by atoms with Crippen LogP contribution < -0.4 is 14.8 Å². The van der Waals surface area contributed by atoms with Crippen molar-refractivity contribution in [3.05, 3.63) is 69.8 Å². The molecule has 3 rings (SSSR count). The first-order chi connectivity index (χ1) is 13.1. The van der Waals surface area contributed by atoms with Gasteiger partial charge in [0.1, 0.15) is 17.4 Å². The van der Waals surface area contributed by atoms with Crippen molar-refractivity contribution >= 4 is 17.2 Å². The summed E-state index contributed by atoms with van der Waals surface area (Å²) < 4.78 is 10.7. The van der Waals surface area contributed by atoms with E-state index >= 15 is 0 Å². The third-order valence-electron chi connectivity index (χ3n) is 3.82. The number of carbonyl (C=O) groups excluding carboxylic acids is 1. The van der Waals surface area contributed by atoms with Crippen molar-refractivity contribution < 1.29 is 14.3 Å². The minimum Gasteiger partial charge on any atom is -0.486 e. The molecule has 7 heteroatoms. The van der Waals surface area contributed by atoms with Crippen LogP contribution >= 0.6 is 11.3 Å². The molecule has 27 heavy (non-hydrogen) atoms. The van der Waals surface area contributed by atoms with Crippen LogP contribution in [0.3, 0.4) is 0 Å². The van der Waals surface area contributed by atoms with E-state index in [1.807, 2.05) is 42.6 Å². The molecule has 0 spiro atoms. The van der Waals surface area contributed by atoms with E-state index in [2.05, 4.69) is 15.3 Å². The summed E-state index contributed by atoms with van der Waals surface area (Å²) in [4.78, 5) is 20.7. The van der Waals surface area contributed by atoms with Gasteiger partial charge in [0.15, 0.2) is 0 Å². The minimum absolute atomic E-state index is 0.0814. The normalized spacial score (nSPS) is 10.4. The highest BCUT2D eigenvalue weighted by atomic mass is 32.1. The van der Waals surface area contributed by atoms with E-state index in [0.717, 1.165) is 22.0 Å². The summed E-state index contributed by atoms with van der Waals surface area (Å²) in [6, 6.07) is 11.5. The van der Waals surface area contributed by atoms with Crippen LogP contribution in [0.1, 0.15) is 21.8 Å². The molecule has 0 saturated carbocycles. The van der Waals surface area contributed by atoms with Gasteiger partial charge >= 0.3 is 0 Å². The Labute approximate surface area is 162 Å². The van der Waals surface area contributed by atoms with Crippen LogP contribution in [-0.2, 0) is 24.4 Å². The predicted octanol–water partition coefficient (Wildman–Crippen LogP) is 3.29. The summed E-state index contributed by atoms with van der Waals surface area (Å²) >= 11 is 1.49. The maximum Gasteiger partial charge on any atom is 0.226 e. The largest absolute Gasteiger partial charge is 0.486 e. The standard InChI is InChI=1S/C20H21N3O3S/c1-14-3-6-17(7-4-14)26-12-20-23-16(13-27-20)9-18(24)21-10-15-5-8-19(25-2)22-11-15/h3-8,11,13H,9-10,12H2,1-2H3,(H,21,24). The van der Waals surface area contributed by atoms with E-state index in [4.69, 9.17) is 9.47 Å². The third-order valence-corrected chi connectivity index (χ3v) is 4.69. The molecule has 0 fully saturated rings. The number of pyridine rings is 1. The third kappa shape index (κ3) is 5.79. The number of carbonyl (C=O) groups is 1. The fraction of sp³-hybridized carbons (Fsp3) is 0.250. The zero-order chi connectivity index (χ0) is 19.1. The molecule has 0 unspecified atom stereocenters. The van der Waals surface area contributed by atoms with Gasteiger partial charge in [-0.3, -0.25) is 4.79 Å². The molecule has 0 radical (unpaired) electrons. The number of nitrogens with one attached hydrogen (secondary N) is 1. The van der Waals surface area contributed by atoms with Crippen molar-refractivity contribution in [2.45, 2.75) is 26.5 Å². The molecule has 3 aromatic rings. The SMILES string of the molecule is COc1ccc(CNC(=O)Cc2csc(COc3ccc(C)cc3)n2)cn1. The maximum atomic E-state index is 12.1. The molecule has 2 heterocycles. The molecule has 2 aromatic heterocycles. The Balaban J connectivity index is 1.44. The van der Waals surface area contributed by atoms with Crippen LogP contribution in [0.15, 0.2) is 48.0 Å². The highest BCUT2D eigenvalue weighted by Crippen LogP contribution is 2.16. The Kier molecular flexibility index (Phi) is 6.38. The van der Waals surface area contributed by atoms with E-state index in [0.29, 0.717) is 19.0 Å². The second kappa shape index (κ2) is 9.14. The summed E-state index contributed by atoms with van der Waals surface area (Å²) in [6.07, 6.45) is 1.92. The molecule has 0 atom stereocenters. The van der Waals surface area contributed by atoms with Crippen LogP contribution in [0.2, 0.25) is 0 Å². The number of rotatable bonds is 8. The highest BCUT2D eigenvalue weighted by Gasteiger charge is 2.08. The lowest BCUT2D eigenvalue weighted by Gasteiger charge is -2.05. The minimum atomic E-state index is -0.0814. The molecular formula is C20H21N3O3S. The fourth-order valence-corrected chi connectivity index (χ4v) is 3.04. The van der Waals surface area contributed by atoms with Gasteiger partial charge in [-0.15, -0.1) is 11.3 Å². The first kappa shape index (κ1) is 18.8. The zero-order valence-corrected chi connectivity index (χ0v) is 16.1. The number of nitrogens with zero attached hydrogens (tertiary/aromatic N) is 2. The summed E-state index contributed by atoms with van der Waals surface area (Å²) in [5.74, 6) is 1.28. The second-order valence-electron chi connectivity index (χ2n) is 6.00. The molecular weight excluding hydrogens is 362 g/mol. The van der Waals surface area contributed by atoms with Gasteiger partial charge in [0.05, 0.1) is 19.2 Å². The smallest absolute Gasteiger partial charge is 0.226 e. The van der Waals surface area contributed by atoms with Crippen LogP contribution in [-0.4, -0.2) is 23.0 Å². The quantitative estimate of drug-likeness (QED) is 0.646. The molecule has 0 aliphatic heterocycles. The fourth-order valence-electron chi connectivity index (χ4n) is 2.34. The van der Waals surface area contributed by atoms with Crippen LogP contribution in [0.5, 0.6) is 11.6 Å². The van der Waals surface area contributed by atoms with Crippen molar-refractivity contribution in [2.75, 3.05) is 7.11 Å². The average Bonchev–Trinajstić information content (AvgIpc) is 3.13. The van der Waals surface area contributed by atoms with Gasteiger partial charge < -0.3 is 14.8 Å². The summed E-state index contributed by atoms with van der Waals surface area (Å²) in [5.41, 5.74) is 2.85. The van der Waals surface area contributed by atoms with Crippen molar-refractivity contribution in [2.24, 2.45) is 0 Å². The Morgan fingerprint density at radius 1 is 1.19 bits per heavy atom. The average molecular weight is 383 g/mol. The number of methoxy groups -OCH3 is 1. The Bertz CT molecular complexity index is 876. The highest BCUT2D eigenvalue weighted by molar-refractivity contribution is 7.09. The van der Waals surface area contributed by atoms with Gasteiger partial charge in [0.25, 0.3) is 0 Å². The summed E-state index contributed by atoms with van der Waals surface area (Å²) in [7, 11) is 1.57. The number of aromatic nitrogens is 2. The number of hydrogen-bond acceptors (Lipinski definition) is 6. The molecule has 1 amide bonds. The van der Waals surface area contributed by atoms with Gasteiger partial charge in [-0.2, -0.15) is 0 Å². The Morgan fingerprint density at radius 2 is 2.00 bits per heavy atom. The van der Waals surface area contributed by atoms with E-state index in [9.17, 15) is 4.79 Å². The van der Waals surface area contributed by atoms with Gasteiger partial charge in [-0.05, 0) is 24.6 Å². The summed E-state index contributed by atoms with van der Waals surface area (Å²) in [6.45, 7) is 2.85. The molecule has 0 aliphatic rings. The van der Waals surface area contributed by atoms with Crippen LogP contribution in [0, 0.1) is 6.92 Å².